The molecule has 0 bridgehead atoms. The number of carboxylic acids is 1. The van der Waals surface area contributed by atoms with E-state index in [2.05, 4.69) is 35.9 Å². The average molecular weight is 504 g/mol. The van der Waals surface area contributed by atoms with Gasteiger partial charge in [0.1, 0.15) is 11.4 Å². The van der Waals surface area contributed by atoms with E-state index in [1.807, 2.05) is 0 Å². The number of hydrogen-bond donors (Lipinski definition) is 3. The number of nitrogens with one attached hydrogen (secondary N) is 2. The summed E-state index contributed by atoms with van der Waals surface area (Å²) in [6, 6.07) is 4.46. The van der Waals surface area contributed by atoms with Gasteiger partial charge in [-0.15, -0.1) is 21.5 Å². The number of rotatable bonds is 6. The van der Waals surface area contributed by atoms with Gasteiger partial charge >= 0.3 is 5.97 Å². The van der Waals surface area contributed by atoms with Crippen molar-refractivity contribution in [3.05, 3.63) is 69.3 Å². The van der Waals surface area contributed by atoms with Crippen LogP contribution in [0.5, 0.6) is 0 Å². The molecule has 2 atom stereocenters. The van der Waals surface area contributed by atoms with E-state index in [0.717, 1.165) is 0 Å². The summed E-state index contributed by atoms with van der Waals surface area (Å²) in [7, 11) is 0. The third-order valence-corrected chi connectivity index (χ3v) is 6.82. The maximum atomic E-state index is 14.5. The van der Waals surface area contributed by atoms with Gasteiger partial charge in [-0.3, -0.25) is 4.90 Å². The maximum absolute atomic E-state index is 14.5. The molecule has 2 aliphatic rings. The highest BCUT2D eigenvalue weighted by Gasteiger charge is 2.49. The molecule has 14 heteroatoms. The molecule has 0 spiro atoms. The summed E-state index contributed by atoms with van der Waals surface area (Å²) >= 11 is 1.28. The minimum absolute atomic E-state index is 0.0885. The van der Waals surface area contributed by atoms with Gasteiger partial charge in [-0.25, -0.2) is 27.9 Å². The Bertz CT molecular complexity index is 1290. The minimum atomic E-state index is -3.03. The zero-order valence-corrected chi connectivity index (χ0v) is 19.1. The molecule has 5 rings (SSSR count). The fourth-order valence-electron chi connectivity index (χ4n) is 4.51. The number of thiazole rings is 1. The molecule has 1 aromatic carbocycles. The molecule has 0 amide bonds. The highest BCUT2D eigenvalue weighted by atomic mass is 32.1. The van der Waals surface area contributed by atoms with E-state index in [9.17, 15) is 23.1 Å². The number of nitrogens with zero attached hydrogens (tertiary/aromatic N) is 6. The molecule has 4 heterocycles. The van der Waals surface area contributed by atoms with Crippen LogP contribution in [0.3, 0.4) is 0 Å². The molecule has 2 aliphatic heterocycles. The number of hydrogen-bond acceptors (Lipinski definition) is 9. The molecule has 1 saturated heterocycles. The lowest BCUT2D eigenvalue weighted by atomic mass is 9.82. The molecular weight excluding hydrogens is 485 g/mol. The number of carbonyl (C=O) groups is 1. The number of carboxylic acid groups (broad SMARTS) is 1. The van der Waals surface area contributed by atoms with Gasteiger partial charge in [0.25, 0.3) is 5.92 Å². The standard InChI is InChI=1S/C21H19F3N8O2S/c1-20(11-2-4-12(22)5-3-11)15(19(33)34)13(26-17(27-20)18-25-6-7-35-18)9-32-10-21(23,24)8-14(32)16-28-30-31-29-16/h2-7,14H,8-10H2,1H3,(H,26,27)(H,33,34)(H,28,29,30,31). The number of likely N-dealkylation sites (tertiary alicyclic amines) is 1. The van der Waals surface area contributed by atoms with E-state index in [-0.39, 0.29) is 29.5 Å². The van der Waals surface area contributed by atoms with Crippen LogP contribution in [0.25, 0.3) is 0 Å². The molecule has 10 nitrogen and oxygen atoms in total. The number of aromatic amines is 1. The van der Waals surface area contributed by atoms with Gasteiger partial charge in [0.15, 0.2) is 16.7 Å². The fourth-order valence-corrected chi connectivity index (χ4v) is 5.09. The summed E-state index contributed by atoms with van der Waals surface area (Å²) in [6.45, 7) is 0.784. The lowest BCUT2D eigenvalue weighted by Gasteiger charge is -2.35. The summed E-state index contributed by atoms with van der Waals surface area (Å²) in [6.07, 6.45) is 1.04. The first-order valence-electron chi connectivity index (χ1n) is 10.5. The molecule has 2 aromatic heterocycles. The van der Waals surface area contributed by atoms with Crippen molar-refractivity contribution in [1.82, 2.24) is 35.8 Å². The molecule has 182 valence electrons. The van der Waals surface area contributed by atoms with E-state index in [1.54, 1.807) is 18.5 Å². The van der Waals surface area contributed by atoms with Gasteiger partial charge < -0.3 is 10.4 Å². The van der Waals surface area contributed by atoms with Crippen LogP contribution in [-0.4, -0.2) is 66.4 Å². The first-order chi connectivity index (χ1) is 16.7. The van der Waals surface area contributed by atoms with Crippen LogP contribution in [0.1, 0.15) is 35.8 Å². The number of halogens is 3. The Morgan fingerprint density at radius 2 is 2.09 bits per heavy atom. The Labute approximate surface area is 200 Å². The van der Waals surface area contributed by atoms with Gasteiger partial charge in [-0.2, -0.15) is 5.21 Å². The van der Waals surface area contributed by atoms with Crippen molar-refractivity contribution in [2.75, 3.05) is 13.1 Å². The van der Waals surface area contributed by atoms with Crippen molar-refractivity contribution in [2.45, 2.75) is 30.8 Å². The third kappa shape index (κ3) is 4.30. The fraction of sp³-hybridized carbons (Fsp3) is 0.333. The highest BCUT2D eigenvalue weighted by Crippen LogP contribution is 2.42. The second-order valence-electron chi connectivity index (χ2n) is 8.41. The van der Waals surface area contributed by atoms with E-state index in [1.165, 1.54) is 40.5 Å². The van der Waals surface area contributed by atoms with Crippen molar-refractivity contribution in [2.24, 2.45) is 4.99 Å². The summed E-state index contributed by atoms with van der Waals surface area (Å²) in [5.41, 5.74) is -1.02. The lowest BCUT2D eigenvalue weighted by molar-refractivity contribution is -0.133. The van der Waals surface area contributed by atoms with Crippen LogP contribution in [0.4, 0.5) is 13.2 Å². The number of amidine groups is 1. The van der Waals surface area contributed by atoms with Crippen LogP contribution in [0, 0.1) is 5.82 Å². The van der Waals surface area contributed by atoms with Crippen LogP contribution < -0.4 is 5.32 Å². The van der Waals surface area contributed by atoms with Gasteiger partial charge in [0, 0.05) is 30.2 Å². The van der Waals surface area contributed by atoms with Crippen molar-refractivity contribution in [3.63, 3.8) is 0 Å². The number of aliphatic imine (C=N–C) groups is 1. The zero-order valence-electron chi connectivity index (χ0n) is 18.2. The molecule has 0 saturated carbocycles. The first-order valence-corrected chi connectivity index (χ1v) is 11.4. The number of aliphatic carboxylic acids is 1. The van der Waals surface area contributed by atoms with E-state index in [0.29, 0.717) is 10.6 Å². The Hall–Kier alpha value is -3.65. The smallest absolute Gasteiger partial charge is 0.336 e. The molecule has 3 N–H and O–H groups in total. The first kappa shape index (κ1) is 23.1. The molecule has 1 fully saturated rings. The topological polar surface area (TPSA) is 132 Å². The van der Waals surface area contributed by atoms with Gasteiger partial charge in [-0.1, -0.05) is 17.3 Å². The van der Waals surface area contributed by atoms with E-state index >= 15 is 0 Å². The normalized spacial score (nSPS) is 24.3. The van der Waals surface area contributed by atoms with Crippen LogP contribution in [0.2, 0.25) is 0 Å². The zero-order chi connectivity index (χ0) is 24.8. The minimum Gasteiger partial charge on any atom is -0.478 e. The summed E-state index contributed by atoms with van der Waals surface area (Å²) < 4.78 is 42.6. The molecular formula is C21H19F3N8O2S. The highest BCUT2D eigenvalue weighted by molar-refractivity contribution is 7.11. The number of H-pyrrole nitrogens is 1. The number of tetrazole rings is 1. The van der Waals surface area contributed by atoms with Crippen molar-refractivity contribution >= 4 is 23.1 Å². The van der Waals surface area contributed by atoms with Gasteiger partial charge in [0.2, 0.25) is 0 Å². The molecule has 35 heavy (non-hydrogen) atoms. The van der Waals surface area contributed by atoms with Crippen LogP contribution in [-0.2, 0) is 10.3 Å². The Morgan fingerprint density at radius 3 is 2.71 bits per heavy atom. The predicted molar refractivity (Wildman–Crippen MR) is 118 cm³/mol. The molecule has 0 radical (unpaired) electrons. The average Bonchev–Trinajstić information content (AvgIpc) is 3.55. The molecule has 0 aliphatic carbocycles. The quantitative estimate of drug-likeness (QED) is 0.467. The maximum Gasteiger partial charge on any atom is 0.336 e. The van der Waals surface area contributed by atoms with E-state index < -0.39 is 42.3 Å². The number of alkyl halides is 2. The lowest BCUT2D eigenvalue weighted by Crippen LogP contribution is -2.45. The summed E-state index contributed by atoms with van der Waals surface area (Å²) in [5, 5.41) is 28.9. The van der Waals surface area contributed by atoms with Gasteiger partial charge in [-0.05, 0) is 24.6 Å². The second kappa shape index (κ2) is 8.53. The summed E-state index contributed by atoms with van der Waals surface area (Å²) in [4.78, 5) is 22.9. The number of aromatic nitrogens is 5. The second-order valence-corrected chi connectivity index (χ2v) is 9.31. The Kier molecular flexibility index (Phi) is 5.63. The molecule has 3 aromatic rings. The van der Waals surface area contributed by atoms with Crippen molar-refractivity contribution in [1.29, 1.82) is 0 Å². The van der Waals surface area contributed by atoms with Crippen LogP contribution in [0.15, 0.2) is 52.1 Å². The summed E-state index contributed by atoms with van der Waals surface area (Å²) in [5.74, 6) is -4.43. The van der Waals surface area contributed by atoms with Crippen LogP contribution >= 0.6 is 11.3 Å². The van der Waals surface area contributed by atoms with Crippen molar-refractivity contribution in [3.8, 4) is 0 Å². The molecule has 2 unspecified atom stereocenters. The number of benzene rings is 1. The van der Waals surface area contributed by atoms with Crippen molar-refractivity contribution < 1.29 is 23.1 Å². The predicted octanol–water partition coefficient (Wildman–Crippen LogP) is 2.48. The largest absolute Gasteiger partial charge is 0.478 e. The monoisotopic (exact) mass is 504 g/mol. The SMILES string of the molecule is CC1(c2ccc(F)cc2)N=C(c2nccs2)NC(CN2CC(F)(F)CC2c2nn[nH]n2)=C1C(=O)O. The third-order valence-electron chi connectivity index (χ3n) is 6.04. The van der Waals surface area contributed by atoms with Gasteiger partial charge in [0.05, 0.1) is 18.2 Å². The Balaban J connectivity index is 1.62. The Morgan fingerprint density at radius 1 is 1.31 bits per heavy atom. The van der Waals surface area contributed by atoms with E-state index in [4.69, 9.17) is 0 Å².